The van der Waals surface area contributed by atoms with Gasteiger partial charge in [0.05, 0.1) is 11.9 Å². The third kappa shape index (κ3) is 5.46. The minimum Gasteiger partial charge on any atom is -0.361 e. The molecule has 1 aliphatic rings. The highest BCUT2D eigenvalue weighted by Gasteiger charge is 2.23. The normalized spacial score (nSPS) is 16.0. The maximum atomic E-state index is 13.7. The van der Waals surface area contributed by atoms with Crippen LogP contribution in [0.2, 0.25) is 25.7 Å². The maximum absolute atomic E-state index is 13.7. The first-order chi connectivity index (χ1) is 12.8. The van der Waals surface area contributed by atoms with Gasteiger partial charge in [-0.05, 0) is 44.1 Å². The zero-order valence-corrected chi connectivity index (χ0v) is 17.4. The van der Waals surface area contributed by atoms with E-state index in [1.54, 1.807) is 6.20 Å². The number of nitrogens with zero attached hydrogens (tertiary/aromatic N) is 2. The lowest BCUT2D eigenvalue weighted by Gasteiger charge is -2.24. The van der Waals surface area contributed by atoms with E-state index in [0.29, 0.717) is 30.5 Å². The molecule has 2 heterocycles. The molecule has 1 aromatic heterocycles. The van der Waals surface area contributed by atoms with Gasteiger partial charge < -0.3 is 14.6 Å². The van der Waals surface area contributed by atoms with Crippen LogP contribution >= 0.6 is 0 Å². The van der Waals surface area contributed by atoms with Gasteiger partial charge in [0.25, 0.3) is 0 Å². The van der Waals surface area contributed by atoms with Gasteiger partial charge in [0.1, 0.15) is 24.2 Å². The SMILES string of the molecule is C[Si](C)(C)CCOCn1c(-c2cc(F)cc(F)c2)cnc1C1CCNCC1. The minimum absolute atomic E-state index is 0.332. The van der Waals surface area contributed by atoms with Gasteiger partial charge in [-0.25, -0.2) is 13.8 Å². The summed E-state index contributed by atoms with van der Waals surface area (Å²) >= 11 is 0. The van der Waals surface area contributed by atoms with Crippen molar-refractivity contribution >= 4 is 8.07 Å². The van der Waals surface area contributed by atoms with E-state index in [2.05, 4.69) is 29.9 Å². The van der Waals surface area contributed by atoms with Gasteiger partial charge in [0.2, 0.25) is 0 Å². The summed E-state index contributed by atoms with van der Waals surface area (Å²) in [5.74, 6) is 0.116. The minimum atomic E-state index is -1.17. The van der Waals surface area contributed by atoms with Crippen LogP contribution in [-0.4, -0.2) is 37.3 Å². The zero-order chi connectivity index (χ0) is 19.4. The first-order valence-electron chi connectivity index (χ1n) is 9.64. The van der Waals surface area contributed by atoms with Crippen molar-refractivity contribution in [2.45, 2.75) is 51.2 Å². The number of benzene rings is 1. The molecule has 0 spiro atoms. The summed E-state index contributed by atoms with van der Waals surface area (Å²) in [6.45, 7) is 9.91. The second-order valence-corrected chi connectivity index (χ2v) is 14.1. The molecule has 1 fully saturated rings. The van der Waals surface area contributed by atoms with Crippen molar-refractivity contribution in [3.8, 4) is 11.3 Å². The molecule has 1 N–H and O–H groups in total. The highest BCUT2D eigenvalue weighted by atomic mass is 28.3. The fourth-order valence-corrected chi connectivity index (χ4v) is 4.15. The Bertz CT molecular complexity index is 747. The lowest BCUT2D eigenvalue weighted by atomic mass is 9.97. The van der Waals surface area contributed by atoms with E-state index in [0.717, 1.165) is 43.9 Å². The molecule has 1 aromatic carbocycles. The van der Waals surface area contributed by atoms with Gasteiger partial charge >= 0.3 is 0 Å². The predicted molar refractivity (Wildman–Crippen MR) is 107 cm³/mol. The molecule has 0 amide bonds. The van der Waals surface area contributed by atoms with E-state index in [4.69, 9.17) is 4.74 Å². The van der Waals surface area contributed by atoms with Gasteiger partial charge in [0, 0.05) is 32.2 Å². The Morgan fingerprint density at radius 1 is 1.15 bits per heavy atom. The van der Waals surface area contributed by atoms with Crippen LogP contribution < -0.4 is 5.32 Å². The summed E-state index contributed by atoms with van der Waals surface area (Å²) in [5, 5.41) is 3.36. The van der Waals surface area contributed by atoms with Crippen LogP contribution in [0.3, 0.4) is 0 Å². The number of ether oxygens (including phenoxy) is 1. The quantitative estimate of drug-likeness (QED) is 0.552. The van der Waals surface area contributed by atoms with E-state index in [-0.39, 0.29) is 0 Å². The van der Waals surface area contributed by atoms with Crippen molar-refractivity contribution in [2.75, 3.05) is 19.7 Å². The lowest BCUT2D eigenvalue weighted by molar-refractivity contribution is 0.0849. The number of rotatable bonds is 7. The number of piperidine rings is 1. The Hall–Kier alpha value is -1.57. The molecule has 4 nitrogen and oxygen atoms in total. The second kappa shape index (κ2) is 8.62. The lowest BCUT2D eigenvalue weighted by Crippen LogP contribution is -2.28. The Kier molecular flexibility index (Phi) is 6.44. The van der Waals surface area contributed by atoms with Crippen LogP contribution in [0.25, 0.3) is 11.3 Å². The van der Waals surface area contributed by atoms with Crippen molar-refractivity contribution in [1.29, 1.82) is 0 Å². The van der Waals surface area contributed by atoms with Crippen LogP contribution in [0.4, 0.5) is 8.78 Å². The van der Waals surface area contributed by atoms with E-state index >= 15 is 0 Å². The molecule has 2 aromatic rings. The molecule has 1 saturated heterocycles. The number of aromatic nitrogens is 2. The van der Waals surface area contributed by atoms with Crippen molar-refractivity contribution in [2.24, 2.45) is 0 Å². The fraction of sp³-hybridized carbons (Fsp3) is 0.550. The van der Waals surface area contributed by atoms with Crippen molar-refractivity contribution < 1.29 is 13.5 Å². The van der Waals surface area contributed by atoms with E-state index in [1.807, 2.05) is 4.57 Å². The highest BCUT2D eigenvalue weighted by Crippen LogP contribution is 2.30. The van der Waals surface area contributed by atoms with Crippen LogP contribution in [-0.2, 0) is 11.5 Å². The molecule has 0 radical (unpaired) electrons. The van der Waals surface area contributed by atoms with E-state index in [1.165, 1.54) is 12.1 Å². The van der Waals surface area contributed by atoms with Crippen LogP contribution in [0.15, 0.2) is 24.4 Å². The van der Waals surface area contributed by atoms with Gasteiger partial charge in [0.15, 0.2) is 0 Å². The summed E-state index contributed by atoms with van der Waals surface area (Å²) in [5.41, 5.74) is 1.20. The Morgan fingerprint density at radius 2 is 1.81 bits per heavy atom. The largest absolute Gasteiger partial charge is 0.361 e. The molecule has 27 heavy (non-hydrogen) atoms. The predicted octanol–water partition coefficient (Wildman–Crippen LogP) is 4.61. The third-order valence-corrected chi connectivity index (χ3v) is 6.67. The molecule has 0 bridgehead atoms. The van der Waals surface area contributed by atoms with E-state index < -0.39 is 19.7 Å². The molecule has 148 valence electrons. The molecule has 1 aliphatic heterocycles. The van der Waals surface area contributed by atoms with E-state index in [9.17, 15) is 8.78 Å². The molecule has 0 unspecified atom stereocenters. The first kappa shape index (κ1) is 20.2. The fourth-order valence-electron chi connectivity index (χ4n) is 3.40. The smallest absolute Gasteiger partial charge is 0.126 e. The van der Waals surface area contributed by atoms with Crippen molar-refractivity contribution in [3.63, 3.8) is 0 Å². The van der Waals surface area contributed by atoms with Crippen molar-refractivity contribution in [1.82, 2.24) is 14.9 Å². The number of imidazole rings is 1. The average Bonchev–Trinajstić information content (AvgIpc) is 3.02. The number of halogens is 2. The highest BCUT2D eigenvalue weighted by molar-refractivity contribution is 6.76. The Morgan fingerprint density at radius 3 is 2.44 bits per heavy atom. The number of nitrogens with one attached hydrogen (secondary N) is 1. The molecule has 3 rings (SSSR count). The van der Waals surface area contributed by atoms with Crippen molar-refractivity contribution in [3.05, 3.63) is 41.9 Å². The summed E-state index contributed by atoms with van der Waals surface area (Å²) in [6, 6.07) is 4.67. The maximum Gasteiger partial charge on any atom is 0.126 e. The molecule has 0 aliphatic carbocycles. The molecular formula is C20H29F2N3OSi. The third-order valence-electron chi connectivity index (χ3n) is 4.97. The van der Waals surface area contributed by atoms with Gasteiger partial charge in [-0.2, -0.15) is 0 Å². The molecule has 7 heteroatoms. The van der Waals surface area contributed by atoms with Gasteiger partial charge in [-0.15, -0.1) is 0 Å². The zero-order valence-electron chi connectivity index (χ0n) is 16.4. The second-order valence-electron chi connectivity index (χ2n) is 8.46. The van der Waals surface area contributed by atoms with Crippen LogP contribution in [0, 0.1) is 11.6 Å². The Balaban J connectivity index is 1.86. The monoisotopic (exact) mass is 393 g/mol. The standard InChI is InChI=1S/C20H29F2N3OSi/c1-27(2,3)9-8-26-14-25-19(16-10-17(21)12-18(22)11-16)13-24-20(25)15-4-6-23-7-5-15/h10-13,15,23H,4-9,14H2,1-3H3. The van der Waals surface area contributed by atoms with Crippen LogP contribution in [0.1, 0.15) is 24.6 Å². The average molecular weight is 394 g/mol. The van der Waals surface area contributed by atoms with Gasteiger partial charge in [-0.1, -0.05) is 19.6 Å². The molecule has 0 saturated carbocycles. The first-order valence-corrected chi connectivity index (χ1v) is 13.3. The van der Waals surface area contributed by atoms with Gasteiger partial charge in [-0.3, -0.25) is 0 Å². The summed E-state index contributed by atoms with van der Waals surface area (Å²) in [6.07, 6.45) is 3.72. The number of hydrogen-bond acceptors (Lipinski definition) is 3. The summed E-state index contributed by atoms with van der Waals surface area (Å²) < 4.78 is 35.4. The molecule has 0 atom stereocenters. The topological polar surface area (TPSA) is 39.1 Å². The Labute approximate surface area is 161 Å². The summed E-state index contributed by atoms with van der Waals surface area (Å²) in [4.78, 5) is 4.62. The van der Waals surface area contributed by atoms with Crippen LogP contribution in [0.5, 0.6) is 0 Å². The summed E-state index contributed by atoms with van der Waals surface area (Å²) in [7, 11) is -1.17. The number of hydrogen-bond donors (Lipinski definition) is 1. The molecular weight excluding hydrogens is 364 g/mol.